The molecule has 1 aromatic rings. The van der Waals surface area contributed by atoms with Crippen LogP contribution in [0.4, 0.5) is 0 Å². The van der Waals surface area contributed by atoms with E-state index in [1.807, 2.05) is 6.07 Å². The van der Waals surface area contributed by atoms with Gasteiger partial charge in [0.15, 0.2) is 0 Å². The van der Waals surface area contributed by atoms with Gasteiger partial charge in [-0.15, -0.1) is 0 Å². The van der Waals surface area contributed by atoms with Gasteiger partial charge in [-0.25, -0.2) is 0 Å². The smallest absolute Gasteiger partial charge is 0.125 e. The Morgan fingerprint density at radius 2 is 2.25 bits per heavy atom. The van der Waals surface area contributed by atoms with Crippen LogP contribution in [0.5, 0.6) is 5.75 Å². The number of fused-ring (bicyclic) bond motifs is 2. The van der Waals surface area contributed by atoms with Gasteiger partial charge in [0.05, 0.1) is 25.4 Å². The molecule has 3 nitrogen and oxygen atoms in total. The zero-order valence-electron chi connectivity index (χ0n) is 8.96. The molecule has 0 bridgehead atoms. The first-order chi connectivity index (χ1) is 7.80. The summed E-state index contributed by atoms with van der Waals surface area (Å²) >= 11 is 3.47. The third-order valence-electron chi connectivity index (χ3n) is 3.30. The van der Waals surface area contributed by atoms with Crippen LogP contribution in [-0.2, 0) is 10.3 Å². The summed E-state index contributed by atoms with van der Waals surface area (Å²) in [6.07, 6.45) is 0.974. The fourth-order valence-electron chi connectivity index (χ4n) is 2.47. The van der Waals surface area contributed by atoms with Crippen molar-refractivity contribution in [3.05, 3.63) is 28.2 Å². The minimum Gasteiger partial charge on any atom is -0.493 e. The fourth-order valence-corrected chi connectivity index (χ4v) is 2.81. The Morgan fingerprint density at radius 3 is 3.06 bits per heavy atom. The first kappa shape index (κ1) is 10.6. The van der Waals surface area contributed by atoms with Gasteiger partial charge in [0.25, 0.3) is 0 Å². The van der Waals surface area contributed by atoms with Crippen molar-refractivity contribution < 1.29 is 9.47 Å². The van der Waals surface area contributed by atoms with Crippen LogP contribution >= 0.6 is 15.9 Å². The normalized spacial score (nSPS) is 28.6. The summed E-state index contributed by atoms with van der Waals surface area (Å²) in [6.45, 7) is 3.20. The van der Waals surface area contributed by atoms with Gasteiger partial charge < -0.3 is 14.8 Å². The third kappa shape index (κ3) is 1.65. The lowest BCUT2D eigenvalue weighted by atomic mass is 9.84. The average Bonchev–Trinajstić information content (AvgIpc) is 2.30. The van der Waals surface area contributed by atoms with Crippen LogP contribution in [0.1, 0.15) is 12.0 Å². The van der Waals surface area contributed by atoms with Crippen LogP contribution in [0.15, 0.2) is 22.7 Å². The maximum absolute atomic E-state index is 5.71. The Labute approximate surface area is 103 Å². The SMILES string of the molecule is Brc1ccc2c(c1)OCC[C@]21COCCN1. The second-order valence-electron chi connectivity index (χ2n) is 4.30. The number of ether oxygens (including phenoxy) is 2. The van der Waals surface area contributed by atoms with Gasteiger partial charge in [0.1, 0.15) is 5.75 Å². The molecule has 1 fully saturated rings. The fraction of sp³-hybridized carbons (Fsp3) is 0.500. The van der Waals surface area contributed by atoms with E-state index >= 15 is 0 Å². The van der Waals surface area contributed by atoms with Gasteiger partial charge in [-0.3, -0.25) is 0 Å². The molecular weight excluding hydrogens is 270 g/mol. The van der Waals surface area contributed by atoms with Crippen molar-refractivity contribution in [1.29, 1.82) is 0 Å². The van der Waals surface area contributed by atoms with Gasteiger partial charge in [0, 0.05) is 23.0 Å². The maximum Gasteiger partial charge on any atom is 0.125 e. The highest BCUT2D eigenvalue weighted by molar-refractivity contribution is 9.10. The molecular formula is C12H14BrNO2. The number of hydrogen-bond acceptors (Lipinski definition) is 3. The lowest BCUT2D eigenvalue weighted by Gasteiger charge is -2.42. The minimum absolute atomic E-state index is 0.0352. The molecule has 0 saturated carbocycles. The summed E-state index contributed by atoms with van der Waals surface area (Å²) in [4.78, 5) is 0. The molecule has 86 valence electrons. The zero-order chi connectivity index (χ0) is 11.0. The summed E-state index contributed by atoms with van der Waals surface area (Å²) in [6, 6.07) is 6.22. The van der Waals surface area contributed by atoms with Gasteiger partial charge in [-0.05, 0) is 12.1 Å². The van der Waals surface area contributed by atoms with E-state index in [0.717, 1.165) is 43.0 Å². The molecule has 2 aliphatic heterocycles. The molecule has 3 rings (SSSR count). The number of hydrogen-bond donors (Lipinski definition) is 1. The van der Waals surface area contributed by atoms with Crippen molar-refractivity contribution >= 4 is 15.9 Å². The average molecular weight is 284 g/mol. The van der Waals surface area contributed by atoms with E-state index in [-0.39, 0.29) is 5.54 Å². The molecule has 1 spiro atoms. The lowest BCUT2D eigenvalue weighted by molar-refractivity contribution is 0.00562. The summed E-state index contributed by atoms with van der Waals surface area (Å²) in [5.74, 6) is 0.971. The van der Waals surface area contributed by atoms with E-state index < -0.39 is 0 Å². The van der Waals surface area contributed by atoms with Crippen molar-refractivity contribution in [2.24, 2.45) is 0 Å². The highest BCUT2D eigenvalue weighted by Crippen LogP contribution is 2.39. The highest BCUT2D eigenvalue weighted by atomic mass is 79.9. The Kier molecular flexibility index (Phi) is 2.65. The lowest BCUT2D eigenvalue weighted by Crippen LogP contribution is -2.53. The molecule has 0 aromatic heterocycles. The van der Waals surface area contributed by atoms with Crippen LogP contribution in [-0.4, -0.2) is 26.4 Å². The van der Waals surface area contributed by atoms with E-state index in [4.69, 9.17) is 9.47 Å². The molecule has 4 heteroatoms. The van der Waals surface area contributed by atoms with Crippen molar-refractivity contribution in [2.45, 2.75) is 12.0 Å². The van der Waals surface area contributed by atoms with E-state index in [9.17, 15) is 0 Å². The molecule has 16 heavy (non-hydrogen) atoms. The molecule has 0 radical (unpaired) electrons. The van der Waals surface area contributed by atoms with Gasteiger partial charge >= 0.3 is 0 Å². The molecule has 2 heterocycles. The van der Waals surface area contributed by atoms with Crippen molar-refractivity contribution in [1.82, 2.24) is 5.32 Å². The van der Waals surface area contributed by atoms with Gasteiger partial charge in [-0.1, -0.05) is 22.0 Å². The minimum atomic E-state index is -0.0352. The quantitative estimate of drug-likeness (QED) is 0.791. The first-order valence-electron chi connectivity index (χ1n) is 5.56. The second kappa shape index (κ2) is 4.02. The van der Waals surface area contributed by atoms with Crippen LogP contribution in [0, 0.1) is 0 Å². The largest absolute Gasteiger partial charge is 0.493 e. The summed E-state index contributed by atoms with van der Waals surface area (Å²) in [7, 11) is 0. The molecule has 1 N–H and O–H groups in total. The van der Waals surface area contributed by atoms with Crippen molar-refractivity contribution in [3.63, 3.8) is 0 Å². The number of halogens is 1. The Hall–Kier alpha value is -0.580. The Balaban J connectivity index is 2.04. The zero-order valence-corrected chi connectivity index (χ0v) is 10.5. The molecule has 2 aliphatic rings. The molecule has 0 unspecified atom stereocenters. The van der Waals surface area contributed by atoms with Crippen LogP contribution < -0.4 is 10.1 Å². The van der Waals surface area contributed by atoms with E-state index in [1.54, 1.807) is 0 Å². The second-order valence-corrected chi connectivity index (χ2v) is 5.22. The Bertz CT molecular complexity index is 402. The van der Waals surface area contributed by atoms with E-state index in [2.05, 4.69) is 33.4 Å². The number of benzene rings is 1. The maximum atomic E-state index is 5.71. The Morgan fingerprint density at radius 1 is 1.31 bits per heavy atom. The third-order valence-corrected chi connectivity index (χ3v) is 3.80. The number of rotatable bonds is 0. The van der Waals surface area contributed by atoms with Crippen molar-refractivity contribution in [3.8, 4) is 5.75 Å². The molecule has 0 amide bonds. The van der Waals surface area contributed by atoms with Crippen LogP contribution in [0.25, 0.3) is 0 Å². The summed E-state index contributed by atoms with van der Waals surface area (Å²) < 4.78 is 12.4. The van der Waals surface area contributed by atoms with Gasteiger partial charge in [-0.2, -0.15) is 0 Å². The molecule has 1 aromatic carbocycles. The van der Waals surface area contributed by atoms with Crippen LogP contribution in [0.3, 0.4) is 0 Å². The topological polar surface area (TPSA) is 30.5 Å². The predicted molar refractivity (Wildman–Crippen MR) is 64.8 cm³/mol. The van der Waals surface area contributed by atoms with Crippen LogP contribution in [0.2, 0.25) is 0 Å². The summed E-state index contributed by atoms with van der Waals surface area (Å²) in [5.41, 5.74) is 1.19. The number of morpholine rings is 1. The molecule has 1 atom stereocenters. The van der Waals surface area contributed by atoms with Crippen molar-refractivity contribution in [2.75, 3.05) is 26.4 Å². The first-order valence-corrected chi connectivity index (χ1v) is 6.35. The van der Waals surface area contributed by atoms with E-state index in [1.165, 1.54) is 5.56 Å². The van der Waals surface area contributed by atoms with Gasteiger partial charge in [0.2, 0.25) is 0 Å². The monoisotopic (exact) mass is 283 g/mol. The highest BCUT2D eigenvalue weighted by Gasteiger charge is 2.39. The summed E-state index contributed by atoms with van der Waals surface area (Å²) in [5, 5.41) is 3.59. The van der Waals surface area contributed by atoms with E-state index in [0.29, 0.717) is 0 Å². The molecule has 0 aliphatic carbocycles. The number of nitrogens with one attached hydrogen (secondary N) is 1. The standard InChI is InChI=1S/C12H14BrNO2/c13-9-1-2-10-11(7-9)16-5-3-12(10)8-15-6-4-14-12/h1-2,7,14H,3-6,8H2/t12-/m0/s1. The molecule has 1 saturated heterocycles. The predicted octanol–water partition coefficient (Wildman–Crippen LogP) is 2.05.